The van der Waals surface area contributed by atoms with Gasteiger partial charge in [-0.2, -0.15) is 13.2 Å². The second-order valence-corrected chi connectivity index (χ2v) is 1.19. The summed E-state index contributed by atoms with van der Waals surface area (Å²) in [6, 6.07) is 0. The molecule has 8 heavy (non-hydrogen) atoms. The van der Waals surface area contributed by atoms with Gasteiger partial charge in [0, 0.05) is 0 Å². The third-order valence-corrected chi connectivity index (χ3v) is 0.515. The molecule has 1 N–H and O–H groups in total. The van der Waals surface area contributed by atoms with Crippen LogP contribution in [0.4, 0.5) is 17.6 Å². The molecule has 0 aromatic rings. The van der Waals surface area contributed by atoms with Crippen molar-refractivity contribution in [3.63, 3.8) is 0 Å². The summed E-state index contributed by atoms with van der Waals surface area (Å²) in [4.78, 5) is 0. The highest BCUT2D eigenvalue weighted by Crippen LogP contribution is 2.21. The van der Waals surface area contributed by atoms with E-state index in [2.05, 4.69) is 0 Å². The fraction of sp³-hybridized carbons (Fsp3) is 1.00. The van der Waals surface area contributed by atoms with E-state index in [0.29, 0.717) is 0 Å². The van der Waals surface area contributed by atoms with Crippen LogP contribution >= 0.6 is 0 Å². The Balaban J connectivity index is 3.62. The molecule has 0 aliphatic rings. The van der Waals surface area contributed by atoms with Gasteiger partial charge in [-0.05, 0) is 0 Å². The number of alkyl halides is 4. The molecule has 0 fully saturated rings. The smallest absolute Gasteiger partial charge is 0.393 e. The van der Waals surface area contributed by atoms with Gasteiger partial charge in [-0.3, -0.25) is 0 Å². The molecule has 1 nitrogen and oxygen atoms in total. The van der Waals surface area contributed by atoms with E-state index in [1.165, 1.54) is 0 Å². The maximum Gasteiger partial charge on any atom is 0.421 e. The molecule has 0 radical (unpaired) electrons. The summed E-state index contributed by atoms with van der Waals surface area (Å²) in [6.45, 7) is -1.50. The van der Waals surface area contributed by atoms with Gasteiger partial charge in [0.2, 0.25) is 6.17 Å². The predicted molar refractivity (Wildman–Crippen MR) is 18.0 cm³/mol. The maximum absolute atomic E-state index is 11.3. The van der Waals surface area contributed by atoms with Crippen molar-refractivity contribution in [2.24, 2.45) is 0 Å². The van der Waals surface area contributed by atoms with Gasteiger partial charge in [-0.15, -0.1) is 0 Å². The van der Waals surface area contributed by atoms with Gasteiger partial charge in [0.25, 0.3) is 0 Å². The summed E-state index contributed by atoms with van der Waals surface area (Å²) in [5, 5.41) is 7.58. The number of rotatable bonds is 1. The molecule has 0 aliphatic carbocycles. The molecule has 0 saturated heterocycles. The molecule has 0 heterocycles. The summed E-state index contributed by atoms with van der Waals surface area (Å²) in [5.74, 6) is 0. The lowest BCUT2D eigenvalue weighted by atomic mass is 10.4. The van der Waals surface area contributed by atoms with Gasteiger partial charge >= 0.3 is 6.18 Å². The molecule has 0 aromatic carbocycles. The molecule has 1 atom stereocenters. The molecule has 0 aliphatic heterocycles. The van der Waals surface area contributed by atoms with Crippen molar-refractivity contribution in [1.29, 1.82) is 0 Å². The monoisotopic (exact) mass is 132 g/mol. The fourth-order valence-corrected chi connectivity index (χ4v) is 0.104. The lowest BCUT2D eigenvalue weighted by Gasteiger charge is -2.07. The van der Waals surface area contributed by atoms with Crippen LogP contribution in [0.5, 0.6) is 0 Å². The van der Waals surface area contributed by atoms with Crippen LogP contribution in [0, 0.1) is 0 Å². The molecule has 0 spiro atoms. The quantitative estimate of drug-likeness (QED) is 0.525. The van der Waals surface area contributed by atoms with Gasteiger partial charge in [-0.25, -0.2) is 4.39 Å². The molecular weight excluding hydrogens is 128 g/mol. The molecule has 0 bridgehead atoms. The number of aliphatic hydroxyl groups excluding tert-OH is 1. The normalized spacial score (nSPS) is 16.1. The van der Waals surface area contributed by atoms with Gasteiger partial charge in [0.1, 0.15) is 0 Å². The van der Waals surface area contributed by atoms with Crippen molar-refractivity contribution in [2.45, 2.75) is 12.3 Å². The van der Waals surface area contributed by atoms with Crippen LogP contribution in [0.15, 0.2) is 0 Å². The molecule has 50 valence electrons. The minimum atomic E-state index is -4.91. The van der Waals surface area contributed by atoms with Crippen LogP contribution in [0.25, 0.3) is 0 Å². The third-order valence-electron chi connectivity index (χ3n) is 0.515. The van der Waals surface area contributed by atoms with Gasteiger partial charge < -0.3 is 5.11 Å². The summed E-state index contributed by atoms with van der Waals surface area (Å²) in [7, 11) is 0. The lowest BCUT2D eigenvalue weighted by Crippen LogP contribution is -2.27. The molecule has 0 unspecified atom stereocenters. The highest BCUT2D eigenvalue weighted by molar-refractivity contribution is 4.62. The van der Waals surface area contributed by atoms with Crippen LogP contribution in [-0.4, -0.2) is 24.1 Å². The van der Waals surface area contributed by atoms with E-state index in [4.69, 9.17) is 5.11 Å². The first-order valence-corrected chi connectivity index (χ1v) is 1.80. The summed E-state index contributed by atoms with van der Waals surface area (Å²) in [5.41, 5.74) is 0. The van der Waals surface area contributed by atoms with Gasteiger partial charge in [-0.1, -0.05) is 0 Å². The Morgan fingerprint density at radius 1 is 1.38 bits per heavy atom. The summed E-state index contributed by atoms with van der Waals surface area (Å²) >= 11 is 0. The van der Waals surface area contributed by atoms with Gasteiger partial charge in [0.05, 0.1) is 6.61 Å². The van der Waals surface area contributed by atoms with Crippen LogP contribution < -0.4 is 0 Å². The lowest BCUT2D eigenvalue weighted by molar-refractivity contribution is -0.189. The Hall–Kier alpha value is -0.320. The number of hydrogen-bond donors (Lipinski definition) is 1. The van der Waals surface area contributed by atoms with Crippen LogP contribution in [0.1, 0.15) is 0 Å². The maximum atomic E-state index is 11.3. The van der Waals surface area contributed by atoms with Crippen LogP contribution in [0.2, 0.25) is 0 Å². The Bertz CT molecular complexity index is 68.2. The topological polar surface area (TPSA) is 20.2 Å². The Labute approximate surface area is 42.9 Å². The third kappa shape index (κ3) is 2.11. The second-order valence-electron chi connectivity index (χ2n) is 1.19. The first-order valence-electron chi connectivity index (χ1n) is 1.80. The highest BCUT2D eigenvalue weighted by Gasteiger charge is 2.39. The molecular formula is C3H4F4O. The average molecular weight is 132 g/mol. The van der Waals surface area contributed by atoms with E-state index in [1.54, 1.807) is 0 Å². The largest absolute Gasteiger partial charge is 0.421 e. The minimum absolute atomic E-state index is 1.50. The highest BCUT2D eigenvalue weighted by atomic mass is 19.4. The Morgan fingerprint density at radius 2 is 1.75 bits per heavy atom. The molecule has 0 aromatic heterocycles. The van der Waals surface area contributed by atoms with Crippen molar-refractivity contribution in [2.75, 3.05) is 6.61 Å². The fourth-order valence-electron chi connectivity index (χ4n) is 0.104. The molecule has 0 saturated carbocycles. The molecule has 0 amide bonds. The minimum Gasteiger partial charge on any atom is -0.393 e. The van der Waals surface area contributed by atoms with Crippen LogP contribution in [0.3, 0.4) is 0 Å². The average Bonchev–Trinajstić information content (AvgIpc) is 1.62. The summed E-state index contributed by atoms with van der Waals surface area (Å²) in [6.07, 6.45) is -8.00. The number of aliphatic hydroxyl groups is 1. The van der Waals surface area contributed by atoms with Gasteiger partial charge in [0.15, 0.2) is 0 Å². The van der Waals surface area contributed by atoms with E-state index >= 15 is 0 Å². The zero-order chi connectivity index (χ0) is 6.78. The first-order chi connectivity index (χ1) is 3.48. The number of hydrogen-bond acceptors (Lipinski definition) is 1. The van der Waals surface area contributed by atoms with Crippen molar-refractivity contribution < 1.29 is 22.7 Å². The SMILES string of the molecule is OC[C@@H](F)C(F)(F)F. The Kier molecular flexibility index (Phi) is 2.21. The number of halogens is 4. The second kappa shape index (κ2) is 2.30. The van der Waals surface area contributed by atoms with E-state index in [0.717, 1.165) is 0 Å². The first kappa shape index (κ1) is 7.68. The molecule has 5 heteroatoms. The summed E-state index contributed by atoms with van der Waals surface area (Å²) < 4.78 is 44.0. The Morgan fingerprint density at radius 3 is 1.75 bits per heavy atom. The zero-order valence-electron chi connectivity index (χ0n) is 3.74. The predicted octanol–water partition coefficient (Wildman–Crippen LogP) is 0.879. The van der Waals surface area contributed by atoms with E-state index in [-0.39, 0.29) is 0 Å². The van der Waals surface area contributed by atoms with Crippen LogP contribution in [-0.2, 0) is 0 Å². The molecule has 0 rings (SSSR count). The van der Waals surface area contributed by atoms with Crippen molar-refractivity contribution in [1.82, 2.24) is 0 Å². The van der Waals surface area contributed by atoms with E-state index in [9.17, 15) is 17.6 Å². The van der Waals surface area contributed by atoms with Crippen molar-refractivity contribution >= 4 is 0 Å². The van der Waals surface area contributed by atoms with E-state index in [1.807, 2.05) is 0 Å². The van der Waals surface area contributed by atoms with Crippen molar-refractivity contribution in [3.05, 3.63) is 0 Å². The standard InChI is InChI=1S/C3H4F4O/c4-2(1-8)3(5,6)7/h2,8H,1H2/t2-/m1/s1. The zero-order valence-corrected chi connectivity index (χ0v) is 3.74. The van der Waals surface area contributed by atoms with Crippen molar-refractivity contribution in [3.8, 4) is 0 Å². The van der Waals surface area contributed by atoms with E-state index < -0.39 is 19.0 Å².